The summed E-state index contributed by atoms with van der Waals surface area (Å²) >= 11 is 0. The number of likely N-dealkylation sites (N-methyl/N-ethyl adjacent to an activating group) is 1. The third-order valence-electron chi connectivity index (χ3n) is 4.07. The second kappa shape index (κ2) is 10.9. The molecule has 0 radical (unpaired) electrons. The van der Waals surface area contributed by atoms with Gasteiger partial charge in [0.1, 0.15) is 6.54 Å². The summed E-state index contributed by atoms with van der Waals surface area (Å²) in [6.45, 7) is 8.65. The zero-order valence-electron chi connectivity index (χ0n) is 16.5. The number of halogens is 1. The second-order valence-corrected chi connectivity index (χ2v) is 6.70. The van der Waals surface area contributed by atoms with E-state index in [0.29, 0.717) is 12.5 Å². The van der Waals surface area contributed by atoms with Crippen LogP contribution in [-0.2, 0) is 4.79 Å². The van der Waals surface area contributed by atoms with E-state index >= 15 is 0 Å². The molecule has 0 heterocycles. The van der Waals surface area contributed by atoms with Crippen molar-refractivity contribution in [2.45, 2.75) is 19.9 Å². The van der Waals surface area contributed by atoms with E-state index in [9.17, 15) is 4.79 Å². The standard InChI is InChI=1S/C21H28N4O.HI/c1-15(2)13-22-21(23-14-20(26)25(4)5)24-16(3)18-12-8-10-17-9-6-7-11-19(17)18;/h6-12,16H,1,13-14H2,2-5H3,(H2,22,23,24);1H. The number of amides is 1. The molecule has 0 aromatic heterocycles. The summed E-state index contributed by atoms with van der Waals surface area (Å²) in [4.78, 5) is 17.8. The molecule has 0 bridgehead atoms. The number of nitrogens with one attached hydrogen (secondary N) is 2. The monoisotopic (exact) mass is 480 g/mol. The Labute approximate surface area is 178 Å². The maximum Gasteiger partial charge on any atom is 0.243 e. The molecule has 2 N–H and O–H groups in total. The van der Waals surface area contributed by atoms with E-state index in [-0.39, 0.29) is 42.5 Å². The zero-order valence-corrected chi connectivity index (χ0v) is 18.8. The molecule has 1 atom stereocenters. The molecule has 2 aromatic rings. The Kier molecular flexibility index (Phi) is 9.28. The topological polar surface area (TPSA) is 56.7 Å². The SMILES string of the molecule is C=C(C)CNC(=NCC(=O)N(C)C)NC(C)c1cccc2ccccc12.I. The lowest BCUT2D eigenvalue weighted by atomic mass is 10.00. The van der Waals surface area contributed by atoms with Crippen LogP contribution in [0, 0.1) is 0 Å². The normalized spacial score (nSPS) is 12.1. The Morgan fingerprint density at radius 1 is 1.19 bits per heavy atom. The lowest BCUT2D eigenvalue weighted by Crippen LogP contribution is -2.40. The van der Waals surface area contributed by atoms with Gasteiger partial charge in [-0.2, -0.15) is 0 Å². The molecule has 1 amide bonds. The predicted molar refractivity (Wildman–Crippen MR) is 125 cm³/mol. The number of carbonyl (C=O) groups is 1. The van der Waals surface area contributed by atoms with Crippen LogP contribution < -0.4 is 10.6 Å². The van der Waals surface area contributed by atoms with Gasteiger partial charge in [-0.15, -0.1) is 24.0 Å². The fraction of sp³-hybridized carbons (Fsp3) is 0.333. The molecule has 0 fully saturated rings. The molecule has 2 rings (SSSR count). The van der Waals surface area contributed by atoms with Crippen molar-refractivity contribution in [3.8, 4) is 0 Å². The maximum atomic E-state index is 11.9. The van der Waals surface area contributed by atoms with Crippen LogP contribution in [0.4, 0.5) is 0 Å². The number of rotatable bonds is 6. The summed E-state index contributed by atoms with van der Waals surface area (Å²) in [6, 6.07) is 14.6. The van der Waals surface area contributed by atoms with Gasteiger partial charge >= 0.3 is 0 Å². The Morgan fingerprint density at radius 3 is 2.52 bits per heavy atom. The Bertz CT molecular complexity index is 811. The van der Waals surface area contributed by atoms with Gasteiger partial charge in [0, 0.05) is 20.6 Å². The predicted octanol–water partition coefficient (Wildman–Crippen LogP) is 3.72. The molecular formula is C21H29IN4O. The van der Waals surface area contributed by atoms with Crippen molar-refractivity contribution in [2.75, 3.05) is 27.2 Å². The van der Waals surface area contributed by atoms with Crippen molar-refractivity contribution in [3.05, 3.63) is 60.2 Å². The van der Waals surface area contributed by atoms with E-state index in [0.717, 1.165) is 5.57 Å². The number of carbonyl (C=O) groups excluding carboxylic acids is 1. The molecule has 0 aliphatic heterocycles. The first-order chi connectivity index (χ1) is 12.4. The molecule has 6 heteroatoms. The van der Waals surface area contributed by atoms with Gasteiger partial charge in [0.25, 0.3) is 0 Å². The van der Waals surface area contributed by atoms with Gasteiger partial charge in [0.05, 0.1) is 6.04 Å². The minimum absolute atomic E-state index is 0. The van der Waals surface area contributed by atoms with Crippen LogP contribution in [0.25, 0.3) is 10.8 Å². The Hall–Kier alpha value is -2.09. The average molecular weight is 480 g/mol. The van der Waals surface area contributed by atoms with Crippen molar-refractivity contribution in [3.63, 3.8) is 0 Å². The van der Waals surface area contributed by atoms with Gasteiger partial charge in [0.15, 0.2) is 5.96 Å². The number of nitrogens with zero attached hydrogens (tertiary/aromatic N) is 2. The highest BCUT2D eigenvalue weighted by atomic mass is 127. The number of aliphatic imine (C=N–C) groups is 1. The molecule has 0 spiro atoms. The van der Waals surface area contributed by atoms with Crippen molar-refractivity contribution in [2.24, 2.45) is 4.99 Å². The molecule has 1 unspecified atom stereocenters. The minimum atomic E-state index is -0.0424. The summed E-state index contributed by atoms with van der Waals surface area (Å²) in [5.74, 6) is 0.558. The molecule has 0 aliphatic carbocycles. The third-order valence-corrected chi connectivity index (χ3v) is 4.07. The number of hydrogen-bond donors (Lipinski definition) is 2. The molecule has 27 heavy (non-hydrogen) atoms. The van der Waals surface area contributed by atoms with Gasteiger partial charge in [-0.1, -0.05) is 54.6 Å². The number of hydrogen-bond acceptors (Lipinski definition) is 2. The van der Waals surface area contributed by atoms with E-state index in [1.165, 1.54) is 21.2 Å². The Balaban J connectivity index is 0.00000364. The summed E-state index contributed by atoms with van der Waals surface area (Å²) in [7, 11) is 3.45. The first kappa shape index (κ1) is 23.0. The first-order valence-electron chi connectivity index (χ1n) is 8.75. The molecule has 0 aliphatic rings. The van der Waals surface area contributed by atoms with E-state index < -0.39 is 0 Å². The van der Waals surface area contributed by atoms with Gasteiger partial charge in [-0.3, -0.25) is 4.79 Å². The van der Waals surface area contributed by atoms with Crippen LogP contribution in [0.15, 0.2) is 59.6 Å². The number of benzene rings is 2. The average Bonchev–Trinajstić information content (AvgIpc) is 2.62. The van der Waals surface area contributed by atoms with E-state index in [4.69, 9.17) is 0 Å². The fourth-order valence-electron chi connectivity index (χ4n) is 2.59. The summed E-state index contributed by atoms with van der Waals surface area (Å²) in [5.41, 5.74) is 2.18. The lowest BCUT2D eigenvalue weighted by Gasteiger charge is -2.20. The maximum absolute atomic E-state index is 11.9. The van der Waals surface area contributed by atoms with Crippen molar-refractivity contribution < 1.29 is 4.79 Å². The van der Waals surface area contributed by atoms with Crippen LogP contribution >= 0.6 is 24.0 Å². The highest BCUT2D eigenvalue weighted by Crippen LogP contribution is 2.23. The van der Waals surface area contributed by atoms with Crippen LogP contribution in [0.1, 0.15) is 25.5 Å². The van der Waals surface area contributed by atoms with Gasteiger partial charge in [-0.05, 0) is 30.2 Å². The molecular weight excluding hydrogens is 451 g/mol. The highest BCUT2D eigenvalue weighted by molar-refractivity contribution is 14.0. The van der Waals surface area contributed by atoms with Crippen molar-refractivity contribution in [1.82, 2.24) is 15.5 Å². The smallest absolute Gasteiger partial charge is 0.243 e. The van der Waals surface area contributed by atoms with Gasteiger partial charge in [0.2, 0.25) is 5.91 Å². The second-order valence-electron chi connectivity index (χ2n) is 6.70. The lowest BCUT2D eigenvalue weighted by molar-refractivity contribution is -0.127. The van der Waals surface area contributed by atoms with Gasteiger partial charge < -0.3 is 15.5 Å². The summed E-state index contributed by atoms with van der Waals surface area (Å²) in [5, 5.41) is 9.04. The zero-order chi connectivity index (χ0) is 19.1. The Morgan fingerprint density at radius 2 is 1.85 bits per heavy atom. The van der Waals surface area contributed by atoms with Crippen molar-refractivity contribution in [1.29, 1.82) is 0 Å². The summed E-state index contributed by atoms with van der Waals surface area (Å²) < 4.78 is 0. The quantitative estimate of drug-likeness (QED) is 0.287. The van der Waals surface area contributed by atoms with Gasteiger partial charge in [-0.25, -0.2) is 4.99 Å². The van der Waals surface area contributed by atoms with Crippen LogP contribution in [0.5, 0.6) is 0 Å². The van der Waals surface area contributed by atoms with Crippen molar-refractivity contribution >= 4 is 46.6 Å². The highest BCUT2D eigenvalue weighted by Gasteiger charge is 2.12. The minimum Gasteiger partial charge on any atom is -0.353 e. The third kappa shape index (κ3) is 6.86. The van der Waals surface area contributed by atoms with Crippen LogP contribution in [0.2, 0.25) is 0 Å². The molecule has 146 valence electrons. The molecule has 2 aromatic carbocycles. The first-order valence-corrected chi connectivity index (χ1v) is 8.75. The molecule has 0 saturated carbocycles. The van der Waals surface area contributed by atoms with E-state index in [2.05, 4.69) is 59.5 Å². The van der Waals surface area contributed by atoms with Crippen LogP contribution in [0.3, 0.4) is 0 Å². The fourth-order valence-corrected chi connectivity index (χ4v) is 2.59. The van der Waals surface area contributed by atoms with E-state index in [1.54, 1.807) is 14.1 Å². The molecule has 5 nitrogen and oxygen atoms in total. The number of fused-ring (bicyclic) bond motifs is 1. The summed E-state index contributed by atoms with van der Waals surface area (Å²) in [6.07, 6.45) is 0. The molecule has 0 saturated heterocycles. The van der Waals surface area contributed by atoms with Crippen LogP contribution in [-0.4, -0.2) is 44.0 Å². The number of guanidine groups is 1. The van der Waals surface area contributed by atoms with E-state index in [1.807, 2.05) is 19.1 Å². The largest absolute Gasteiger partial charge is 0.353 e.